The van der Waals surface area contributed by atoms with E-state index < -0.39 is 72.9 Å². The monoisotopic (exact) mass is 1040 g/mol. The molecule has 0 saturated carbocycles. The fourth-order valence-electron chi connectivity index (χ4n) is 8.84. The number of hydrogen-bond acceptors (Lipinski definition) is 13. The van der Waals surface area contributed by atoms with Gasteiger partial charge in [-0.05, 0) is 103 Å². The Morgan fingerprint density at radius 2 is 1.49 bits per heavy atom. The first-order valence-electron chi connectivity index (χ1n) is 21.7. The van der Waals surface area contributed by atoms with E-state index >= 15 is 0 Å². The Bertz CT molecular complexity index is 3100. The topological polar surface area (TPSA) is 266 Å². The molecule has 1 unspecified atom stereocenters. The molecular formula is C46H56ClN3O14S4. The Kier molecular flexibility index (Phi) is 16.0. The molecule has 1 atom stereocenters. The molecular weight excluding hydrogens is 982 g/mol. The first-order chi connectivity index (χ1) is 31.6. The van der Waals surface area contributed by atoms with Crippen molar-refractivity contribution < 1.29 is 61.7 Å². The molecule has 370 valence electrons. The lowest BCUT2D eigenvalue weighted by Crippen LogP contribution is -2.40. The zero-order chi connectivity index (χ0) is 50.0. The molecule has 22 heteroatoms. The van der Waals surface area contributed by atoms with Gasteiger partial charge in [0, 0.05) is 53.4 Å². The molecule has 3 aromatic rings. The van der Waals surface area contributed by atoms with Crippen LogP contribution in [0.3, 0.4) is 0 Å². The maximum absolute atomic E-state index is 12.7. The van der Waals surface area contributed by atoms with E-state index in [4.69, 9.17) is 21.3 Å². The number of allylic oxidation sites excluding steroid dienone is 7. The average Bonchev–Trinajstić information content (AvgIpc) is 3.61. The van der Waals surface area contributed by atoms with Gasteiger partial charge in [-0.25, -0.2) is 4.99 Å². The van der Waals surface area contributed by atoms with Crippen molar-refractivity contribution in [2.75, 3.05) is 42.7 Å². The lowest BCUT2D eigenvalue weighted by Gasteiger charge is -2.33. The number of hydrogen-bond donors (Lipinski definition) is 5. The van der Waals surface area contributed by atoms with Crippen LogP contribution in [0.1, 0.15) is 77.3 Å². The summed E-state index contributed by atoms with van der Waals surface area (Å²) in [5, 5.41) is 9.90. The molecule has 0 bridgehead atoms. The minimum Gasteiger partial charge on any atom is -0.494 e. The third kappa shape index (κ3) is 12.5. The number of fused-ring (bicyclic) bond motifs is 4. The molecule has 68 heavy (non-hydrogen) atoms. The molecule has 6 rings (SSSR count). The number of ether oxygens (including phenoxy) is 1. The van der Waals surface area contributed by atoms with Crippen molar-refractivity contribution in [1.82, 2.24) is 4.90 Å². The summed E-state index contributed by atoms with van der Waals surface area (Å²) in [4.78, 5) is 7.42. The maximum Gasteiger partial charge on any atom is 0.295 e. The van der Waals surface area contributed by atoms with E-state index in [1.807, 2.05) is 92.1 Å². The van der Waals surface area contributed by atoms with Crippen molar-refractivity contribution in [3.05, 3.63) is 113 Å². The normalized spacial score (nSPS) is 19.1. The summed E-state index contributed by atoms with van der Waals surface area (Å²) in [6.45, 7) is 8.76. The predicted octanol–water partition coefficient (Wildman–Crippen LogP) is 7.57. The highest BCUT2D eigenvalue weighted by molar-refractivity contribution is 7.87. The minimum absolute atomic E-state index is 0.00956. The SMILES string of the molecule is CC1(C)C(=CC=C(C=CC2N(CCCCS(=O)(=O)O)c3ccc4c(S(=O)(=O)O)cc(S(=O)(=O)O)cc4c3C2(C)C)c2cccc(OCCCCO)c2)N=C2C1=CC(Cl)=CN2CCCCS(=O)(=O)O. The number of aliphatic hydroxyl groups is 1. The Morgan fingerprint density at radius 3 is 2.12 bits per heavy atom. The van der Waals surface area contributed by atoms with Gasteiger partial charge < -0.3 is 19.6 Å². The van der Waals surface area contributed by atoms with Gasteiger partial charge in [0.1, 0.15) is 16.5 Å². The van der Waals surface area contributed by atoms with Crippen LogP contribution in [0.25, 0.3) is 16.3 Å². The summed E-state index contributed by atoms with van der Waals surface area (Å²) >= 11 is 6.60. The number of amidine groups is 1. The molecule has 0 aliphatic carbocycles. The second-order valence-corrected chi connectivity index (χ2v) is 24.3. The molecule has 3 aliphatic rings. The molecule has 3 aliphatic heterocycles. The molecule has 3 heterocycles. The third-order valence-electron chi connectivity index (χ3n) is 12.2. The van der Waals surface area contributed by atoms with Crippen molar-refractivity contribution >= 4 is 79.9 Å². The quantitative estimate of drug-likeness (QED) is 0.0391. The van der Waals surface area contributed by atoms with Crippen LogP contribution in [0, 0.1) is 5.41 Å². The minimum atomic E-state index is -5.01. The van der Waals surface area contributed by atoms with Gasteiger partial charge in [-0.1, -0.05) is 75.7 Å². The molecule has 17 nitrogen and oxygen atoms in total. The van der Waals surface area contributed by atoms with Crippen LogP contribution >= 0.6 is 11.6 Å². The molecule has 0 amide bonds. The first-order valence-corrected chi connectivity index (χ1v) is 28.2. The van der Waals surface area contributed by atoms with Gasteiger partial charge in [-0.2, -0.15) is 33.7 Å². The van der Waals surface area contributed by atoms with E-state index in [0.29, 0.717) is 77.6 Å². The lowest BCUT2D eigenvalue weighted by atomic mass is 9.78. The van der Waals surface area contributed by atoms with Gasteiger partial charge in [0.15, 0.2) is 0 Å². The highest BCUT2D eigenvalue weighted by atomic mass is 35.5. The molecule has 0 aromatic heterocycles. The van der Waals surface area contributed by atoms with Gasteiger partial charge in [-0.3, -0.25) is 18.2 Å². The molecule has 0 fully saturated rings. The van der Waals surface area contributed by atoms with Crippen LogP contribution in [0.5, 0.6) is 5.75 Å². The van der Waals surface area contributed by atoms with E-state index in [0.717, 1.165) is 17.2 Å². The Balaban J connectivity index is 1.49. The van der Waals surface area contributed by atoms with Crippen molar-refractivity contribution in [2.45, 2.75) is 87.5 Å². The van der Waals surface area contributed by atoms with E-state index in [2.05, 4.69) is 0 Å². The second-order valence-electron chi connectivity index (χ2n) is 17.9. The second kappa shape index (κ2) is 20.5. The van der Waals surface area contributed by atoms with Crippen LogP contribution < -0.4 is 9.64 Å². The fraction of sp³-hybridized carbons (Fsp3) is 0.413. The fourth-order valence-corrected chi connectivity index (χ4v) is 11.5. The van der Waals surface area contributed by atoms with Crippen LogP contribution in [0.4, 0.5) is 5.69 Å². The van der Waals surface area contributed by atoms with Crippen LogP contribution in [-0.4, -0.2) is 112 Å². The molecule has 0 radical (unpaired) electrons. The van der Waals surface area contributed by atoms with Crippen molar-refractivity contribution in [3.63, 3.8) is 0 Å². The zero-order valence-corrected chi connectivity index (χ0v) is 41.9. The first kappa shape index (κ1) is 52.9. The largest absolute Gasteiger partial charge is 0.494 e. The van der Waals surface area contributed by atoms with E-state index in [9.17, 15) is 57.0 Å². The summed E-state index contributed by atoms with van der Waals surface area (Å²) in [5.74, 6) is 0.338. The Labute approximate surface area is 403 Å². The smallest absolute Gasteiger partial charge is 0.295 e. The number of benzene rings is 3. The summed E-state index contributed by atoms with van der Waals surface area (Å²) in [5.41, 5.74) is 2.35. The number of anilines is 1. The number of nitrogens with zero attached hydrogens (tertiary/aromatic N) is 3. The summed E-state index contributed by atoms with van der Waals surface area (Å²) in [6, 6.07) is 11.8. The maximum atomic E-state index is 12.7. The van der Waals surface area contributed by atoms with Crippen LogP contribution in [0.2, 0.25) is 0 Å². The van der Waals surface area contributed by atoms with Gasteiger partial charge in [0.25, 0.3) is 40.5 Å². The molecule has 3 aromatic carbocycles. The van der Waals surface area contributed by atoms with Crippen molar-refractivity contribution in [3.8, 4) is 5.75 Å². The van der Waals surface area contributed by atoms with E-state index in [1.54, 1.807) is 12.3 Å². The standard InChI is InChI=1S/C46H56ClN3O14S4/c1-45(2)38-27-33(47)30-49(20-5-9-24-65(52,53)54)44(38)48-41(45)18-14-31(32-12-11-13-34(26-32)64-23-8-7-22-51)15-19-42-46(3,4)43-37-28-35(67(58,59)60)29-40(68(61,62)63)36(37)16-17-39(43)50(42)21-6-10-25-66(55,56)57/h11-19,26-30,42,51H,5-10,20-25H2,1-4H3,(H,52,53,54)(H,55,56,57)(H,58,59,60)(H,61,62,63). The third-order valence-corrected chi connectivity index (χ3v) is 15.8. The zero-order valence-electron chi connectivity index (χ0n) is 37.9. The number of halogens is 1. The van der Waals surface area contributed by atoms with Crippen molar-refractivity contribution in [1.29, 1.82) is 0 Å². The molecule has 5 N–H and O–H groups in total. The number of aliphatic hydroxyl groups excluding tert-OH is 1. The van der Waals surface area contributed by atoms with Gasteiger partial charge in [-0.15, -0.1) is 0 Å². The Morgan fingerprint density at radius 1 is 0.809 bits per heavy atom. The lowest BCUT2D eigenvalue weighted by molar-refractivity contribution is 0.253. The number of unbranched alkanes of at least 4 members (excludes halogenated alkanes) is 3. The van der Waals surface area contributed by atoms with Gasteiger partial charge in [0.05, 0.1) is 39.8 Å². The average molecular weight is 1040 g/mol. The van der Waals surface area contributed by atoms with E-state index in [1.165, 1.54) is 6.07 Å². The van der Waals surface area contributed by atoms with Crippen molar-refractivity contribution in [2.24, 2.45) is 10.4 Å². The Hall–Kier alpha value is -4.42. The highest BCUT2D eigenvalue weighted by Gasteiger charge is 2.45. The summed E-state index contributed by atoms with van der Waals surface area (Å²) in [7, 11) is -18.4. The predicted molar refractivity (Wildman–Crippen MR) is 262 cm³/mol. The van der Waals surface area contributed by atoms with Gasteiger partial charge >= 0.3 is 0 Å². The van der Waals surface area contributed by atoms with Crippen LogP contribution in [-0.2, 0) is 45.9 Å². The summed E-state index contributed by atoms with van der Waals surface area (Å²) in [6.07, 6.45) is 13.4. The van der Waals surface area contributed by atoms with Crippen LogP contribution in [0.15, 0.2) is 116 Å². The molecule has 0 spiro atoms. The number of rotatable bonds is 21. The van der Waals surface area contributed by atoms with E-state index in [-0.39, 0.29) is 48.9 Å². The molecule has 0 saturated heterocycles. The highest BCUT2D eigenvalue weighted by Crippen LogP contribution is 2.51. The summed E-state index contributed by atoms with van der Waals surface area (Å²) < 4.78 is 142. The number of aliphatic imine (C=N–C) groups is 1. The van der Waals surface area contributed by atoms with Gasteiger partial charge in [0.2, 0.25) is 0 Å².